The summed E-state index contributed by atoms with van der Waals surface area (Å²) in [6.07, 6.45) is 6.62. The molecule has 102 valence electrons. The summed E-state index contributed by atoms with van der Waals surface area (Å²) in [4.78, 5) is 0. The number of methoxy groups -OCH3 is 1. The number of hydrogen-bond acceptors (Lipinski definition) is 3. The Morgan fingerprint density at radius 2 is 2.00 bits per heavy atom. The van der Waals surface area contributed by atoms with Gasteiger partial charge in [0.15, 0.2) is 0 Å². The van der Waals surface area contributed by atoms with Gasteiger partial charge < -0.3 is 14.8 Å². The van der Waals surface area contributed by atoms with Crippen LogP contribution in [-0.4, -0.2) is 39.0 Å². The Morgan fingerprint density at radius 3 is 2.71 bits per heavy atom. The van der Waals surface area contributed by atoms with Crippen LogP contribution in [0.15, 0.2) is 0 Å². The molecule has 1 N–H and O–H groups in total. The van der Waals surface area contributed by atoms with Crippen molar-refractivity contribution in [3.8, 4) is 0 Å². The van der Waals surface area contributed by atoms with E-state index in [0.29, 0.717) is 18.1 Å². The van der Waals surface area contributed by atoms with Gasteiger partial charge in [-0.15, -0.1) is 0 Å². The largest absolute Gasteiger partial charge is 0.381 e. The number of nitrogens with one attached hydrogen (secondary N) is 1. The molecule has 0 heterocycles. The van der Waals surface area contributed by atoms with Gasteiger partial charge in [-0.25, -0.2) is 0 Å². The Hall–Kier alpha value is -0.120. The number of rotatable bonds is 8. The fraction of sp³-hybridized carbons (Fsp3) is 1.00. The maximum Gasteiger partial charge on any atom is 0.0724 e. The van der Waals surface area contributed by atoms with E-state index in [9.17, 15) is 0 Å². The minimum atomic E-state index is 0.417. The van der Waals surface area contributed by atoms with Crippen LogP contribution >= 0.6 is 0 Å². The molecule has 2 atom stereocenters. The lowest BCUT2D eigenvalue weighted by molar-refractivity contribution is 0.0403. The van der Waals surface area contributed by atoms with Gasteiger partial charge in [0.1, 0.15) is 0 Å². The first-order valence-corrected chi connectivity index (χ1v) is 7.08. The number of hydrogen-bond donors (Lipinski definition) is 1. The van der Waals surface area contributed by atoms with E-state index in [-0.39, 0.29) is 0 Å². The number of ether oxygens (including phenoxy) is 2. The van der Waals surface area contributed by atoms with Gasteiger partial charge in [0, 0.05) is 26.4 Å². The van der Waals surface area contributed by atoms with E-state index in [4.69, 9.17) is 9.47 Å². The Labute approximate surface area is 106 Å². The molecule has 0 aromatic rings. The van der Waals surface area contributed by atoms with Gasteiger partial charge in [0.25, 0.3) is 0 Å². The normalized spacial score (nSPS) is 25.4. The van der Waals surface area contributed by atoms with E-state index in [2.05, 4.69) is 19.2 Å². The van der Waals surface area contributed by atoms with Crippen molar-refractivity contribution < 1.29 is 9.47 Å². The maximum absolute atomic E-state index is 5.57. The minimum absolute atomic E-state index is 0.417. The predicted molar refractivity (Wildman–Crippen MR) is 71.3 cm³/mol. The van der Waals surface area contributed by atoms with Crippen molar-refractivity contribution in [2.45, 2.75) is 58.1 Å². The van der Waals surface area contributed by atoms with E-state index in [0.717, 1.165) is 26.2 Å². The van der Waals surface area contributed by atoms with Crippen molar-refractivity contribution in [1.29, 1.82) is 0 Å². The van der Waals surface area contributed by atoms with Gasteiger partial charge in [-0.05, 0) is 31.7 Å². The highest BCUT2D eigenvalue weighted by atomic mass is 16.5. The molecule has 17 heavy (non-hydrogen) atoms. The zero-order chi connectivity index (χ0) is 12.5. The SMILES string of the molecule is COC1CCCCC1NCCCOCC(C)C. The summed E-state index contributed by atoms with van der Waals surface area (Å²) in [7, 11) is 1.83. The summed E-state index contributed by atoms with van der Waals surface area (Å²) in [6.45, 7) is 7.16. The molecular formula is C14H29NO2. The first-order chi connectivity index (χ1) is 8.24. The van der Waals surface area contributed by atoms with Crippen molar-refractivity contribution in [1.82, 2.24) is 5.32 Å². The zero-order valence-corrected chi connectivity index (χ0v) is 11.7. The van der Waals surface area contributed by atoms with Gasteiger partial charge in [0.2, 0.25) is 0 Å². The molecule has 1 saturated carbocycles. The Kier molecular flexibility index (Phi) is 7.82. The predicted octanol–water partition coefficient (Wildman–Crippen LogP) is 2.60. The van der Waals surface area contributed by atoms with Crippen LogP contribution in [0.4, 0.5) is 0 Å². The first kappa shape index (κ1) is 14.9. The van der Waals surface area contributed by atoms with Crippen molar-refractivity contribution in [3.05, 3.63) is 0 Å². The van der Waals surface area contributed by atoms with Crippen LogP contribution in [0.2, 0.25) is 0 Å². The van der Waals surface area contributed by atoms with Gasteiger partial charge >= 0.3 is 0 Å². The summed E-state index contributed by atoms with van der Waals surface area (Å²) in [5.74, 6) is 0.638. The van der Waals surface area contributed by atoms with Crippen molar-refractivity contribution >= 4 is 0 Å². The molecule has 0 radical (unpaired) electrons. The van der Waals surface area contributed by atoms with Crippen LogP contribution in [-0.2, 0) is 9.47 Å². The third-order valence-corrected chi connectivity index (χ3v) is 3.33. The summed E-state index contributed by atoms with van der Waals surface area (Å²) < 4.78 is 11.1. The standard InChI is InChI=1S/C14H29NO2/c1-12(2)11-17-10-6-9-15-13-7-4-5-8-14(13)16-3/h12-15H,4-11H2,1-3H3. The summed E-state index contributed by atoms with van der Waals surface area (Å²) in [5.41, 5.74) is 0. The zero-order valence-electron chi connectivity index (χ0n) is 11.7. The van der Waals surface area contributed by atoms with Crippen LogP contribution in [0.1, 0.15) is 46.0 Å². The highest BCUT2D eigenvalue weighted by Crippen LogP contribution is 2.20. The molecule has 0 saturated heterocycles. The second-order valence-electron chi connectivity index (χ2n) is 5.44. The smallest absolute Gasteiger partial charge is 0.0724 e. The molecule has 0 spiro atoms. The molecule has 2 unspecified atom stereocenters. The molecule has 0 aliphatic heterocycles. The lowest BCUT2D eigenvalue weighted by Crippen LogP contribution is -2.43. The van der Waals surface area contributed by atoms with Gasteiger partial charge in [-0.2, -0.15) is 0 Å². The fourth-order valence-corrected chi connectivity index (χ4v) is 2.39. The van der Waals surface area contributed by atoms with E-state index in [1.54, 1.807) is 0 Å². The Balaban J connectivity index is 2.01. The molecule has 3 nitrogen and oxygen atoms in total. The Morgan fingerprint density at radius 1 is 1.24 bits per heavy atom. The molecule has 1 rings (SSSR count). The van der Waals surface area contributed by atoms with Crippen molar-refractivity contribution in [3.63, 3.8) is 0 Å². The van der Waals surface area contributed by atoms with E-state index in [1.807, 2.05) is 7.11 Å². The molecule has 0 aromatic carbocycles. The second-order valence-corrected chi connectivity index (χ2v) is 5.44. The molecule has 1 aliphatic rings. The lowest BCUT2D eigenvalue weighted by atomic mass is 9.92. The van der Waals surface area contributed by atoms with Crippen LogP contribution in [0, 0.1) is 5.92 Å². The minimum Gasteiger partial charge on any atom is -0.381 e. The topological polar surface area (TPSA) is 30.5 Å². The summed E-state index contributed by atoms with van der Waals surface area (Å²) >= 11 is 0. The monoisotopic (exact) mass is 243 g/mol. The maximum atomic E-state index is 5.57. The quantitative estimate of drug-likeness (QED) is 0.665. The van der Waals surface area contributed by atoms with Crippen molar-refractivity contribution in [2.75, 3.05) is 26.9 Å². The fourth-order valence-electron chi connectivity index (χ4n) is 2.39. The third kappa shape index (κ3) is 6.39. The molecular weight excluding hydrogens is 214 g/mol. The van der Waals surface area contributed by atoms with E-state index in [1.165, 1.54) is 25.7 Å². The first-order valence-electron chi connectivity index (χ1n) is 7.08. The molecule has 0 aromatic heterocycles. The molecule has 3 heteroatoms. The van der Waals surface area contributed by atoms with Crippen molar-refractivity contribution in [2.24, 2.45) is 5.92 Å². The molecule has 0 bridgehead atoms. The Bertz CT molecular complexity index is 185. The molecule has 0 amide bonds. The van der Waals surface area contributed by atoms with E-state index < -0.39 is 0 Å². The highest BCUT2D eigenvalue weighted by molar-refractivity contribution is 4.81. The van der Waals surface area contributed by atoms with Gasteiger partial charge in [-0.3, -0.25) is 0 Å². The molecule has 1 aliphatic carbocycles. The van der Waals surface area contributed by atoms with Crippen LogP contribution < -0.4 is 5.32 Å². The van der Waals surface area contributed by atoms with E-state index >= 15 is 0 Å². The van der Waals surface area contributed by atoms with Crippen LogP contribution in [0.25, 0.3) is 0 Å². The summed E-state index contributed by atoms with van der Waals surface area (Å²) in [5, 5.41) is 3.61. The van der Waals surface area contributed by atoms with Gasteiger partial charge in [0.05, 0.1) is 6.10 Å². The van der Waals surface area contributed by atoms with Crippen LogP contribution in [0.5, 0.6) is 0 Å². The second kappa shape index (κ2) is 8.90. The van der Waals surface area contributed by atoms with Crippen LogP contribution in [0.3, 0.4) is 0 Å². The third-order valence-electron chi connectivity index (χ3n) is 3.33. The van der Waals surface area contributed by atoms with Gasteiger partial charge in [-0.1, -0.05) is 26.7 Å². The average Bonchev–Trinajstić information content (AvgIpc) is 2.33. The molecule has 1 fully saturated rings. The highest BCUT2D eigenvalue weighted by Gasteiger charge is 2.23. The lowest BCUT2D eigenvalue weighted by Gasteiger charge is -2.31. The average molecular weight is 243 g/mol. The summed E-state index contributed by atoms with van der Waals surface area (Å²) in [6, 6.07) is 0.554.